The second-order valence-corrected chi connectivity index (χ2v) is 4.48. The summed E-state index contributed by atoms with van der Waals surface area (Å²) in [7, 11) is 0. The Morgan fingerprint density at radius 1 is 1.44 bits per heavy atom. The van der Waals surface area contributed by atoms with E-state index >= 15 is 0 Å². The minimum atomic E-state index is 0.234. The summed E-state index contributed by atoms with van der Waals surface area (Å²) in [6.07, 6.45) is 1.18. The third-order valence-electron chi connectivity index (χ3n) is 1.54. The summed E-state index contributed by atoms with van der Waals surface area (Å²) < 4.78 is 5.27. The van der Waals surface area contributed by atoms with E-state index in [0.717, 1.165) is 6.61 Å². The molecule has 0 spiro atoms. The molecule has 1 heterocycles. The van der Waals surface area contributed by atoms with Crippen molar-refractivity contribution in [2.24, 2.45) is 5.41 Å². The van der Waals surface area contributed by atoms with E-state index < -0.39 is 0 Å². The molecule has 0 aromatic rings. The van der Waals surface area contributed by atoms with Gasteiger partial charge in [0.25, 0.3) is 0 Å². The third-order valence-corrected chi connectivity index (χ3v) is 1.54. The van der Waals surface area contributed by atoms with Gasteiger partial charge in [-0.2, -0.15) is 0 Å². The van der Waals surface area contributed by atoms with Crippen molar-refractivity contribution in [2.75, 3.05) is 6.61 Å². The topological polar surface area (TPSA) is 12.5 Å². The summed E-state index contributed by atoms with van der Waals surface area (Å²) >= 11 is 0. The molecule has 1 aliphatic rings. The summed E-state index contributed by atoms with van der Waals surface area (Å²) in [6, 6.07) is 0. The lowest BCUT2D eigenvalue weighted by Crippen LogP contribution is -2.16. The van der Waals surface area contributed by atoms with Crippen LogP contribution in [0.5, 0.6) is 0 Å². The van der Waals surface area contributed by atoms with Crippen LogP contribution in [0.4, 0.5) is 0 Å². The average Bonchev–Trinajstić information content (AvgIpc) is 2.12. The van der Waals surface area contributed by atoms with Gasteiger partial charge in [0.15, 0.2) is 0 Å². The van der Waals surface area contributed by atoms with Gasteiger partial charge in [-0.25, -0.2) is 0 Å². The fraction of sp³-hybridized carbons (Fsp3) is 1.00. The predicted molar refractivity (Wildman–Crippen MR) is 38.4 cm³/mol. The van der Waals surface area contributed by atoms with Crippen LogP contribution in [0.25, 0.3) is 0 Å². The summed E-state index contributed by atoms with van der Waals surface area (Å²) in [5.41, 5.74) is 0.656. The number of hydrogen-bond acceptors (Lipinski definition) is 1. The fourth-order valence-corrected chi connectivity index (χ4v) is 1.35. The summed E-state index contributed by atoms with van der Waals surface area (Å²) in [5.74, 6) is 0. The van der Waals surface area contributed by atoms with Gasteiger partial charge >= 0.3 is 0 Å². The van der Waals surface area contributed by atoms with E-state index in [1.165, 1.54) is 6.42 Å². The van der Waals surface area contributed by atoms with Crippen molar-refractivity contribution in [1.29, 1.82) is 0 Å². The number of rotatable bonds is 1. The zero-order chi connectivity index (χ0) is 7.12. The van der Waals surface area contributed by atoms with Crippen LogP contribution in [0.2, 0.25) is 0 Å². The first kappa shape index (κ1) is 7.07. The standard InChI is InChI=1S/C8H16O/c1-7(2,3)5-8(4)6-9-8/h5-6H2,1-4H3/t8-/m0/s1. The van der Waals surface area contributed by atoms with Crippen molar-refractivity contribution >= 4 is 0 Å². The lowest BCUT2D eigenvalue weighted by atomic mass is 9.86. The lowest BCUT2D eigenvalue weighted by Gasteiger charge is -2.20. The van der Waals surface area contributed by atoms with E-state index in [4.69, 9.17) is 4.74 Å². The maximum atomic E-state index is 5.27. The van der Waals surface area contributed by atoms with Gasteiger partial charge in [-0.15, -0.1) is 0 Å². The molecule has 1 saturated heterocycles. The highest BCUT2D eigenvalue weighted by Gasteiger charge is 2.42. The number of hydrogen-bond donors (Lipinski definition) is 0. The molecule has 1 fully saturated rings. The molecule has 0 aromatic carbocycles. The van der Waals surface area contributed by atoms with E-state index in [1.54, 1.807) is 0 Å². The van der Waals surface area contributed by atoms with Crippen LogP contribution in [0.15, 0.2) is 0 Å². The Bertz CT molecular complexity index is 103. The molecular formula is C8H16O. The Morgan fingerprint density at radius 3 is 2.00 bits per heavy atom. The highest BCUT2D eigenvalue weighted by Crippen LogP contribution is 2.38. The zero-order valence-corrected chi connectivity index (χ0v) is 6.82. The molecule has 54 valence electrons. The van der Waals surface area contributed by atoms with Crippen LogP contribution in [0.3, 0.4) is 0 Å². The van der Waals surface area contributed by atoms with Crippen molar-refractivity contribution in [3.63, 3.8) is 0 Å². The Kier molecular flexibility index (Phi) is 1.35. The molecule has 9 heavy (non-hydrogen) atoms. The van der Waals surface area contributed by atoms with Crippen LogP contribution in [0, 0.1) is 5.41 Å². The Hall–Kier alpha value is -0.0400. The minimum Gasteiger partial charge on any atom is -0.370 e. The van der Waals surface area contributed by atoms with Gasteiger partial charge in [-0.05, 0) is 18.8 Å². The van der Waals surface area contributed by atoms with Gasteiger partial charge in [-0.3, -0.25) is 0 Å². The molecule has 0 aromatic heterocycles. The molecule has 0 unspecified atom stereocenters. The van der Waals surface area contributed by atoms with Crippen LogP contribution in [0.1, 0.15) is 34.1 Å². The summed E-state index contributed by atoms with van der Waals surface area (Å²) in [4.78, 5) is 0. The zero-order valence-electron chi connectivity index (χ0n) is 6.82. The van der Waals surface area contributed by atoms with Crippen molar-refractivity contribution in [3.8, 4) is 0 Å². The Labute approximate surface area is 57.4 Å². The molecule has 0 bridgehead atoms. The van der Waals surface area contributed by atoms with E-state index in [1.807, 2.05) is 0 Å². The first-order chi connectivity index (χ1) is 3.91. The van der Waals surface area contributed by atoms with E-state index in [2.05, 4.69) is 27.7 Å². The largest absolute Gasteiger partial charge is 0.370 e. The summed E-state index contributed by atoms with van der Waals surface area (Å²) in [6.45, 7) is 9.89. The minimum absolute atomic E-state index is 0.234. The van der Waals surface area contributed by atoms with Crippen LogP contribution >= 0.6 is 0 Å². The molecule has 0 N–H and O–H groups in total. The molecular weight excluding hydrogens is 112 g/mol. The van der Waals surface area contributed by atoms with Crippen LogP contribution in [-0.4, -0.2) is 12.2 Å². The van der Waals surface area contributed by atoms with Gasteiger partial charge in [0.1, 0.15) is 0 Å². The predicted octanol–water partition coefficient (Wildman–Crippen LogP) is 2.21. The molecule has 1 nitrogen and oxygen atoms in total. The van der Waals surface area contributed by atoms with Crippen molar-refractivity contribution < 1.29 is 4.74 Å². The lowest BCUT2D eigenvalue weighted by molar-refractivity contribution is 0.230. The molecule has 1 heteroatoms. The van der Waals surface area contributed by atoms with E-state index in [-0.39, 0.29) is 5.60 Å². The molecule has 1 atom stereocenters. The molecule has 0 radical (unpaired) electrons. The van der Waals surface area contributed by atoms with Crippen LogP contribution in [-0.2, 0) is 4.74 Å². The monoisotopic (exact) mass is 128 g/mol. The van der Waals surface area contributed by atoms with Crippen molar-refractivity contribution in [1.82, 2.24) is 0 Å². The number of epoxide rings is 1. The van der Waals surface area contributed by atoms with Gasteiger partial charge in [0.2, 0.25) is 0 Å². The molecule has 0 saturated carbocycles. The second kappa shape index (κ2) is 1.72. The SMILES string of the molecule is CC(C)(C)C[C@@]1(C)CO1. The molecule has 1 rings (SSSR count). The maximum Gasteiger partial charge on any atom is 0.0893 e. The fourth-order valence-electron chi connectivity index (χ4n) is 1.35. The average molecular weight is 128 g/mol. The van der Waals surface area contributed by atoms with Gasteiger partial charge in [0, 0.05) is 0 Å². The highest BCUT2D eigenvalue weighted by molar-refractivity contribution is 4.90. The first-order valence-corrected chi connectivity index (χ1v) is 3.55. The quantitative estimate of drug-likeness (QED) is 0.493. The highest BCUT2D eigenvalue weighted by atomic mass is 16.6. The molecule has 1 aliphatic heterocycles. The Morgan fingerprint density at radius 2 is 1.89 bits per heavy atom. The maximum absolute atomic E-state index is 5.27. The number of ether oxygens (including phenoxy) is 1. The van der Waals surface area contributed by atoms with Crippen molar-refractivity contribution in [2.45, 2.75) is 39.7 Å². The van der Waals surface area contributed by atoms with E-state index in [0.29, 0.717) is 5.41 Å². The van der Waals surface area contributed by atoms with Gasteiger partial charge in [0.05, 0.1) is 12.2 Å². The van der Waals surface area contributed by atoms with Crippen molar-refractivity contribution in [3.05, 3.63) is 0 Å². The van der Waals surface area contributed by atoms with Gasteiger partial charge in [-0.1, -0.05) is 20.8 Å². The van der Waals surface area contributed by atoms with Crippen LogP contribution < -0.4 is 0 Å². The normalized spacial score (nSPS) is 34.7. The first-order valence-electron chi connectivity index (χ1n) is 3.55. The Balaban J connectivity index is 2.33. The second-order valence-electron chi connectivity index (χ2n) is 4.48. The molecule has 0 amide bonds. The van der Waals surface area contributed by atoms with Gasteiger partial charge < -0.3 is 4.74 Å². The summed E-state index contributed by atoms with van der Waals surface area (Å²) in [5, 5.41) is 0. The third kappa shape index (κ3) is 2.35. The van der Waals surface area contributed by atoms with E-state index in [9.17, 15) is 0 Å². The molecule has 0 aliphatic carbocycles. The smallest absolute Gasteiger partial charge is 0.0893 e.